The lowest BCUT2D eigenvalue weighted by atomic mass is 9.97. The zero-order valence-corrected chi connectivity index (χ0v) is 7.79. The third-order valence-corrected chi connectivity index (χ3v) is 1.59. The molecule has 66 valence electrons. The molecule has 0 radical (unpaired) electrons. The minimum absolute atomic E-state index is 0.0429. The van der Waals surface area contributed by atoms with Gasteiger partial charge in [0.15, 0.2) is 5.78 Å². The number of carbonyl (C=O) groups is 1. The zero-order chi connectivity index (χ0) is 9.02. The van der Waals surface area contributed by atoms with Crippen molar-refractivity contribution < 1.29 is 9.90 Å². The highest BCUT2D eigenvalue weighted by atomic mass is 16.3. The number of hydrogen-bond acceptors (Lipinski definition) is 2. The molecule has 0 aromatic heterocycles. The van der Waals surface area contributed by atoms with Crippen LogP contribution in [0.3, 0.4) is 0 Å². The first-order valence-electron chi connectivity index (χ1n) is 4.17. The van der Waals surface area contributed by atoms with Crippen LogP contribution in [0.4, 0.5) is 0 Å². The molecule has 0 bridgehead atoms. The predicted molar refractivity (Wildman–Crippen MR) is 45.3 cm³/mol. The van der Waals surface area contributed by atoms with E-state index in [0.29, 0.717) is 12.3 Å². The largest absolute Gasteiger partial charge is 0.385 e. The van der Waals surface area contributed by atoms with E-state index >= 15 is 0 Å². The van der Waals surface area contributed by atoms with Gasteiger partial charge in [-0.1, -0.05) is 27.7 Å². The van der Waals surface area contributed by atoms with Crippen molar-refractivity contribution in [3.63, 3.8) is 0 Å². The first kappa shape index (κ1) is 10.6. The van der Waals surface area contributed by atoms with E-state index in [1.165, 1.54) is 0 Å². The highest BCUT2D eigenvalue weighted by molar-refractivity contribution is 5.84. The van der Waals surface area contributed by atoms with Gasteiger partial charge in [0.1, 0.15) is 6.10 Å². The first-order chi connectivity index (χ1) is 4.95. The lowest BCUT2D eigenvalue weighted by Crippen LogP contribution is -2.26. The molecule has 0 saturated carbocycles. The molecule has 1 atom stereocenters. The average Bonchev–Trinajstić information content (AvgIpc) is 1.84. The number of aliphatic hydroxyl groups is 1. The molecule has 1 unspecified atom stereocenters. The van der Waals surface area contributed by atoms with Gasteiger partial charge in [-0.05, 0) is 12.3 Å². The summed E-state index contributed by atoms with van der Waals surface area (Å²) in [5.74, 6) is 0.287. The van der Waals surface area contributed by atoms with Crippen LogP contribution in [-0.4, -0.2) is 17.0 Å². The predicted octanol–water partition coefficient (Wildman–Crippen LogP) is 1.62. The summed E-state index contributed by atoms with van der Waals surface area (Å²) in [6.07, 6.45) is -0.174. The van der Waals surface area contributed by atoms with Crippen LogP contribution in [0.5, 0.6) is 0 Å². The van der Waals surface area contributed by atoms with E-state index in [0.717, 1.165) is 0 Å². The van der Waals surface area contributed by atoms with Crippen molar-refractivity contribution in [3.05, 3.63) is 0 Å². The minimum Gasteiger partial charge on any atom is -0.385 e. The fraction of sp³-hybridized carbons (Fsp3) is 0.889. The molecule has 0 aliphatic heterocycles. The molecule has 2 heteroatoms. The van der Waals surface area contributed by atoms with Crippen LogP contribution in [0, 0.1) is 11.8 Å². The number of carbonyl (C=O) groups excluding carboxylic acids is 1. The molecule has 0 spiro atoms. The van der Waals surface area contributed by atoms with Crippen molar-refractivity contribution in [1.82, 2.24) is 0 Å². The van der Waals surface area contributed by atoms with Crippen LogP contribution >= 0.6 is 0 Å². The van der Waals surface area contributed by atoms with E-state index in [1.54, 1.807) is 0 Å². The third-order valence-electron chi connectivity index (χ3n) is 1.59. The summed E-state index contributed by atoms with van der Waals surface area (Å²) in [5, 5.41) is 9.31. The smallest absolute Gasteiger partial charge is 0.163 e. The van der Waals surface area contributed by atoms with E-state index < -0.39 is 6.10 Å². The number of ketones is 1. The number of aliphatic hydroxyl groups excluding tert-OH is 1. The molecule has 0 fully saturated rings. The molecule has 0 aromatic rings. The monoisotopic (exact) mass is 158 g/mol. The summed E-state index contributed by atoms with van der Waals surface area (Å²) in [5.41, 5.74) is 0. The Morgan fingerprint density at radius 3 is 2.00 bits per heavy atom. The van der Waals surface area contributed by atoms with Crippen LogP contribution < -0.4 is 0 Å². The SMILES string of the molecule is CC(C)CC(O)C(=O)C(C)C. The Kier molecular flexibility index (Phi) is 4.34. The van der Waals surface area contributed by atoms with E-state index in [-0.39, 0.29) is 11.7 Å². The van der Waals surface area contributed by atoms with Crippen molar-refractivity contribution in [1.29, 1.82) is 0 Å². The Labute approximate surface area is 68.6 Å². The second-order valence-corrected chi connectivity index (χ2v) is 3.70. The van der Waals surface area contributed by atoms with Crippen molar-refractivity contribution in [2.45, 2.75) is 40.2 Å². The van der Waals surface area contributed by atoms with Gasteiger partial charge in [0.05, 0.1) is 0 Å². The summed E-state index contributed by atoms with van der Waals surface area (Å²) >= 11 is 0. The number of hydrogen-bond donors (Lipinski definition) is 1. The molecule has 11 heavy (non-hydrogen) atoms. The molecule has 0 saturated heterocycles. The fourth-order valence-corrected chi connectivity index (χ4v) is 0.947. The molecule has 0 heterocycles. The van der Waals surface area contributed by atoms with E-state index in [4.69, 9.17) is 0 Å². The highest BCUT2D eigenvalue weighted by Crippen LogP contribution is 2.09. The van der Waals surface area contributed by atoms with Crippen LogP contribution in [0.2, 0.25) is 0 Å². The molecule has 0 amide bonds. The molecule has 0 aromatic carbocycles. The quantitative estimate of drug-likeness (QED) is 0.675. The zero-order valence-electron chi connectivity index (χ0n) is 7.79. The molecule has 0 rings (SSSR count). The Hall–Kier alpha value is -0.370. The summed E-state index contributed by atoms with van der Waals surface area (Å²) in [6.45, 7) is 7.62. The van der Waals surface area contributed by atoms with Gasteiger partial charge in [0.25, 0.3) is 0 Å². The van der Waals surface area contributed by atoms with Crippen molar-refractivity contribution >= 4 is 5.78 Å². The van der Waals surface area contributed by atoms with Crippen LogP contribution in [-0.2, 0) is 4.79 Å². The third kappa shape index (κ3) is 4.14. The summed E-state index contributed by atoms with van der Waals surface area (Å²) < 4.78 is 0. The van der Waals surface area contributed by atoms with Gasteiger partial charge >= 0.3 is 0 Å². The van der Waals surface area contributed by atoms with Gasteiger partial charge in [0, 0.05) is 5.92 Å². The summed E-state index contributed by atoms with van der Waals surface area (Å²) in [7, 11) is 0. The molecule has 1 N–H and O–H groups in total. The van der Waals surface area contributed by atoms with Gasteiger partial charge in [-0.2, -0.15) is 0 Å². The normalized spacial score (nSPS) is 14.1. The molecule has 0 aliphatic rings. The van der Waals surface area contributed by atoms with E-state index in [1.807, 2.05) is 27.7 Å². The topological polar surface area (TPSA) is 37.3 Å². The lowest BCUT2D eigenvalue weighted by molar-refractivity contribution is -0.130. The fourth-order valence-electron chi connectivity index (χ4n) is 0.947. The van der Waals surface area contributed by atoms with Gasteiger partial charge in [-0.15, -0.1) is 0 Å². The van der Waals surface area contributed by atoms with Gasteiger partial charge in [-0.25, -0.2) is 0 Å². The maximum absolute atomic E-state index is 11.1. The Morgan fingerprint density at radius 2 is 1.73 bits per heavy atom. The molecular weight excluding hydrogens is 140 g/mol. The number of rotatable bonds is 4. The van der Waals surface area contributed by atoms with E-state index in [2.05, 4.69) is 0 Å². The Morgan fingerprint density at radius 1 is 1.27 bits per heavy atom. The minimum atomic E-state index is -0.755. The van der Waals surface area contributed by atoms with Crippen molar-refractivity contribution in [3.8, 4) is 0 Å². The summed E-state index contributed by atoms with van der Waals surface area (Å²) in [4.78, 5) is 11.1. The van der Waals surface area contributed by atoms with Crippen molar-refractivity contribution in [2.75, 3.05) is 0 Å². The maximum Gasteiger partial charge on any atom is 0.163 e. The molecular formula is C9H18O2. The number of Topliss-reactive ketones (excluding diaryl/α,β-unsaturated/α-hetero) is 1. The van der Waals surface area contributed by atoms with Gasteiger partial charge in [-0.3, -0.25) is 4.79 Å². The lowest BCUT2D eigenvalue weighted by Gasteiger charge is -2.13. The Balaban J connectivity index is 3.83. The average molecular weight is 158 g/mol. The highest BCUT2D eigenvalue weighted by Gasteiger charge is 2.18. The van der Waals surface area contributed by atoms with Crippen LogP contribution in [0.15, 0.2) is 0 Å². The second-order valence-electron chi connectivity index (χ2n) is 3.70. The van der Waals surface area contributed by atoms with Crippen LogP contribution in [0.1, 0.15) is 34.1 Å². The van der Waals surface area contributed by atoms with E-state index in [9.17, 15) is 9.90 Å². The maximum atomic E-state index is 11.1. The second kappa shape index (κ2) is 4.50. The first-order valence-corrected chi connectivity index (χ1v) is 4.17. The van der Waals surface area contributed by atoms with Gasteiger partial charge in [0.2, 0.25) is 0 Å². The molecule has 0 aliphatic carbocycles. The van der Waals surface area contributed by atoms with Gasteiger partial charge < -0.3 is 5.11 Å². The van der Waals surface area contributed by atoms with Crippen LogP contribution in [0.25, 0.3) is 0 Å². The standard InChI is InChI=1S/C9H18O2/c1-6(2)5-8(10)9(11)7(3)4/h6-8,10H,5H2,1-4H3. The Bertz CT molecular complexity index is 128. The summed E-state index contributed by atoms with van der Waals surface area (Å²) in [6, 6.07) is 0. The van der Waals surface area contributed by atoms with Crippen molar-refractivity contribution in [2.24, 2.45) is 11.8 Å². The molecule has 2 nitrogen and oxygen atoms in total.